The van der Waals surface area contributed by atoms with E-state index in [4.69, 9.17) is 16.2 Å². The first-order chi connectivity index (χ1) is 11.4. The fourth-order valence-electron chi connectivity index (χ4n) is 3.96. The first-order valence-corrected chi connectivity index (χ1v) is 7.77. The zero-order valence-electron chi connectivity index (χ0n) is 13.0. The summed E-state index contributed by atoms with van der Waals surface area (Å²) in [4.78, 5) is 11.4. The number of hydrogen-bond donors (Lipinski definition) is 3. The Labute approximate surface area is 138 Å². The first-order valence-electron chi connectivity index (χ1n) is 7.77. The second-order valence-corrected chi connectivity index (χ2v) is 6.96. The summed E-state index contributed by atoms with van der Waals surface area (Å²) in [5, 5.41) is 17.9. The van der Waals surface area contributed by atoms with Gasteiger partial charge in [-0.15, -0.1) is 10.2 Å². The first kappa shape index (κ1) is 14.7. The molecule has 0 radical (unpaired) electrons. The summed E-state index contributed by atoms with van der Waals surface area (Å²) in [7, 11) is 0. The summed E-state index contributed by atoms with van der Waals surface area (Å²) < 4.78 is 5.85. The number of anilines is 1. The van der Waals surface area contributed by atoms with Crippen LogP contribution in [-0.4, -0.2) is 27.8 Å². The molecule has 7 heteroatoms. The number of nitrogen functional groups attached to an aromatic ring is 1. The standard InChI is InChI=1S/C17H18N4O3/c18-14-13(24-9-16-6-17(7-16,8-16)15(19)23)5-11(20-21-14)10-3-1-2-4-12(10)22/h1-5,22H,6-9H2,(H2,18,21)(H2,19,23). The lowest BCUT2D eigenvalue weighted by Gasteiger charge is -2.68. The number of carbonyl (C=O) groups is 1. The number of carbonyl (C=O) groups excluding carboxylic acids is 1. The zero-order valence-corrected chi connectivity index (χ0v) is 13.0. The van der Waals surface area contributed by atoms with Gasteiger partial charge in [-0.2, -0.15) is 0 Å². The van der Waals surface area contributed by atoms with Crippen LogP contribution in [0.2, 0.25) is 0 Å². The van der Waals surface area contributed by atoms with Crippen LogP contribution in [0.4, 0.5) is 5.82 Å². The highest BCUT2D eigenvalue weighted by atomic mass is 16.5. The molecule has 2 bridgehead atoms. The van der Waals surface area contributed by atoms with Gasteiger partial charge < -0.3 is 21.3 Å². The fraction of sp³-hybridized carbons (Fsp3) is 0.353. The summed E-state index contributed by atoms with van der Waals surface area (Å²) in [5.74, 6) is 0.535. The summed E-state index contributed by atoms with van der Waals surface area (Å²) in [5.41, 5.74) is 12.0. The SMILES string of the molecule is NC(=O)C12CC(COc3cc(-c4ccccc4O)nnc3N)(C1)C2. The normalized spacial score (nSPS) is 27.0. The molecule has 5 rings (SSSR count). The van der Waals surface area contributed by atoms with Crippen molar-refractivity contribution >= 4 is 11.7 Å². The number of amides is 1. The van der Waals surface area contributed by atoms with Gasteiger partial charge in [-0.3, -0.25) is 4.79 Å². The number of aromatic nitrogens is 2. The molecule has 1 heterocycles. The van der Waals surface area contributed by atoms with Gasteiger partial charge in [0.2, 0.25) is 5.91 Å². The van der Waals surface area contributed by atoms with Crippen LogP contribution in [0.25, 0.3) is 11.3 Å². The number of nitrogens with zero attached hydrogens (tertiary/aromatic N) is 2. The average molecular weight is 326 g/mol. The molecule has 1 aromatic carbocycles. The Kier molecular flexibility index (Phi) is 2.97. The molecule has 3 saturated carbocycles. The number of para-hydroxylation sites is 1. The van der Waals surface area contributed by atoms with Gasteiger partial charge in [-0.25, -0.2) is 0 Å². The van der Waals surface area contributed by atoms with Crippen molar-refractivity contribution in [3.8, 4) is 22.8 Å². The van der Waals surface area contributed by atoms with Gasteiger partial charge in [0, 0.05) is 17.0 Å². The predicted octanol–water partition coefficient (Wildman–Crippen LogP) is 1.47. The molecule has 1 aromatic heterocycles. The Hall–Kier alpha value is -2.83. The predicted molar refractivity (Wildman–Crippen MR) is 87.0 cm³/mol. The number of benzene rings is 1. The summed E-state index contributed by atoms with van der Waals surface area (Å²) in [6.45, 7) is 0.470. The highest BCUT2D eigenvalue weighted by Crippen LogP contribution is 2.73. The summed E-state index contributed by atoms with van der Waals surface area (Å²) >= 11 is 0. The molecular weight excluding hydrogens is 308 g/mol. The third-order valence-electron chi connectivity index (χ3n) is 5.16. The minimum Gasteiger partial charge on any atom is -0.507 e. The summed E-state index contributed by atoms with van der Waals surface area (Å²) in [6, 6.07) is 8.54. The van der Waals surface area contributed by atoms with E-state index in [0.717, 1.165) is 19.3 Å². The van der Waals surface area contributed by atoms with Gasteiger partial charge in [0.05, 0.1) is 12.0 Å². The Morgan fingerprint density at radius 2 is 1.96 bits per heavy atom. The van der Waals surface area contributed by atoms with Crippen molar-refractivity contribution in [1.82, 2.24) is 10.2 Å². The third-order valence-corrected chi connectivity index (χ3v) is 5.16. The number of nitrogens with two attached hydrogens (primary N) is 2. The van der Waals surface area contributed by atoms with E-state index in [2.05, 4.69) is 10.2 Å². The molecule has 2 aromatic rings. The van der Waals surface area contributed by atoms with Gasteiger partial charge in [0.15, 0.2) is 11.6 Å². The van der Waals surface area contributed by atoms with Crippen molar-refractivity contribution in [2.45, 2.75) is 19.3 Å². The lowest BCUT2D eigenvalue weighted by molar-refractivity contribution is -0.214. The van der Waals surface area contributed by atoms with Crippen molar-refractivity contribution in [2.24, 2.45) is 16.6 Å². The Balaban J connectivity index is 1.50. The van der Waals surface area contributed by atoms with Crippen LogP contribution in [0.3, 0.4) is 0 Å². The van der Waals surface area contributed by atoms with Gasteiger partial charge in [0.25, 0.3) is 0 Å². The van der Waals surface area contributed by atoms with E-state index < -0.39 is 0 Å². The van der Waals surface area contributed by atoms with E-state index in [1.54, 1.807) is 30.3 Å². The van der Waals surface area contributed by atoms with Crippen molar-refractivity contribution in [3.05, 3.63) is 30.3 Å². The monoisotopic (exact) mass is 326 g/mol. The number of ether oxygens (including phenoxy) is 1. The fourth-order valence-corrected chi connectivity index (χ4v) is 3.96. The molecule has 3 aliphatic rings. The highest BCUT2D eigenvalue weighted by molar-refractivity contribution is 5.84. The van der Waals surface area contributed by atoms with Crippen molar-refractivity contribution in [2.75, 3.05) is 12.3 Å². The van der Waals surface area contributed by atoms with E-state index in [9.17, 15) is 9.90 Å². The van der Waals surface area contributed by atoms with E-state index in [1.807, 2.05) is 0 Å². The third kappa shape index (κ3) is 2.08. The van der Waals surface area contributed by atoms with Crippen LogP contribution in [0, 0.1) is 10.8 Å². The zero-order chi connectivity index (χ0) is 16.9. The molecule has 3 aliphatic carbocycles. The maximum absolute atomic E-state index is 11.4. The van der Waals surface area contributed by atoms with Crippen LogP contribution in [0.15, 0.2) is 30.3 Å². The highest BCUT2D eigenvalue weighted by Gasteiger charge is 2.71. The van der Waals surface area contributed by atoms with Crippen LogP contribution in [0.1, 0.15) is 19.3 Å². The number of rotatable bonds is 5. The quantitative estimate of drug-likeness (QED) is 0.764. The molecule has 0 spiro atoms. The molecule has 0 atom stereocenters. The lowest BCUT2D eigenvalue weighted by Crippen LogP contribution is -2.69. The molecule has 1 amide bonds. The smallest absolute Gasteiger partial charge is 0.223 e. The van der Waals surface area contributed by atoms with Gasteiger partial charge >= 0.3 is 0 Å². The van der Waals surface area contributed by atoms with Crippen LogP contribution < -0.4 is 16.2 Å². The maximum atomic E-state index is 11.4. The molecular formula is C17H18N4O3. The van der Waals surface area contributed by atoms with Crippen LogP contribution >= 0.6 is 0 Å². The number of phenols is 1. The van der Waals surface area contributed by atoms with Crippen molar-refractivity contribution in [3.63, 3.8) is 0 Å². The average Bonchev–Trinajstić information content (AvgIpc) is 2.46. The van der Waals surface area contributed by atoms with E-state index in [-0.39, 0.29) is 28.3 Å². The molecule has 0 aliphatic heterocycles. The van der Waals surface area contributed by atoms with Crippen molar-refractivity contribution < 1.29 is 14.6 Å². The topological polar surface area (TPSA) is 124 Å². The van der Waals surface area contributed by atoms with Crippen LogP contribution in [0.5, 0.6) is 11.5 Å². The van der Waals surface area contributed by atoms with E-state index in [1.165, 1.54) is 0 Å². The molecule has 5 N–H and O–H groups in total. The number of primary amides is 1. The van der Waals surface area contributed by atoms with Gasteiger partial charge in [-0.1, -0.05) is 12.1 Å². The Morgan fingerprint density at radius 1 is 1.25 bits per heavy atom. The second-order valence-electron chi connectivity index (χ2n) is 6.96. The van der Waals surface area contributed by atoms with Gasteiger partial charge in [0.1, 0.15) is 11.4 Å². The Bertz CT molecular complexity index is 817. The maximum Gasteiger partial charge on any atom is 0.223 e. The largest absolute Gasteiger partial charge is 0.507 e. The lowest BCUT2D eigenvalue weighted by atomic mass is 9.35. The van der Waals surface area contributed by atoms with Crippen molar-refractivity contribution in [1.29, 1.82) is 0 Å². The second kappa shape index (κ2) is 4.83. The van der Waals surface area contributed by atoms with E-state index in [0.29, 0.717) is 23.6 Å². The van der Waals surface area contributed by atoms with Crippen LogP contribution in [-0.2, 0) is 4.79 Å². The molecule has 0 saturated heterocycles. The molecule has 124 valence electrons. The minimum absolute atomic E-state index is 0.0276. The number of hydrogen-bond acceptors (Lipinski definition) is 6. The Morgan fingerprint density at radius 3 is 2.62 bits per heavy atom. The number of phenolic OH excluding ortho intramolecular Hbond substituents is 1. The summed E-state index contributed by atoms with van der Waals surface area (Å²) in [6.07, 6.45) is 2.33. The number of aromatic hydroxyl groups is 1. The molecule has 0 unspecified atom stereocenters. The minimum atomic E-state index is -0.299. The molecule has 3 fully saturated rings. The van der Waals surface area contributed by atoms with E-state index >= 15 is 0 Å². The van der Waals surface area contributed by atoms with Gasteiger partial charge in [-0.05, 0) is 31.4 Å². The molecule has 24 heavy (non-hydrogen) atoms. The molecule has 7 nitrogen and oxygen atoms in total.